The van der Waals surface area contributed by atoms with Gasteiger partial charge in [-0.3, -0.25) is 9.78 Å². The lowest BCUT2D eigenvalue weighted by atomic mass is 9.99. The highest BCUT2D eigenvalue weighted by Gasteiger charge is 2.34. The average Bonchev–Trinajstić information content (AvgIpc) is 3.23. The van der Waals surface area contributed by atoms with Gasteiger partial charge in [0.2, 0.25) is 0 Å². The van der Waals surface area contributed by atoms with Gasteiger partial charge in [0.15, 0.2) is 5.69 Å². The van der Waals surface area contributed by atoms with Gasteiger partial charge < -0.3 is 10.6 Å². The number of nitrogens with one attached hydrogen (secondary N) is 2. The minimum atomic E-state index is -0.132. The van der Waals surface area contributed by atoms with Crippen molar-refractivity contribution in [2.75, 3.05) is 0 Å². The first kappa shape index (κ1) is 21.5. The number of piperidine rings is 1. The first-order chi connectivity index (χ1) is 13.2. The molecule has 1 aromatic carbocycles. The zero-order valence-corrected chi connectivity index (χ0v) is 17.7. The summed E-state index contributed by atoms with van der Waals surface area (Å²) in [7, 11) is 0. The molecule has 0 spiro atoms. The van der Waals surface area contributed by atoms with E-state index in [9.17, 15) is 4.79 Å². The first-order valence-electron chi connectivity index (χ1n) is 9.51. The van der Waals surface area contributed by atoms with Gasteiger partial charge in [-0.05, 0) is 44.7 Å². The lowest BCUT2D eigenvalue weighted by Crippen LogP contribution is -2.48. The minimum Gasteiger partial charge on any atom is -0.348 e. The molecule has 3 aromatic rings. The third-order valence-electron chi connectivity index (χ3n) is 5.80. The third kappa shape index (κ3) is 3.95. The summed E-state index contributed by atoms with van der Waals surface area (Å²) in [5.74, 6) is -0.132. The van der Waals surface area contributed by atoms with Crippen molar-refractivity contribution in [3.8, 4) is 5.69 Å². The number of pyridine rings is 1. The molecule has 2 atom stereocenters. The SMILES string of the molecule is Cc1c(C(=O)NC2CC3CCC(C2)N3)nnn1-c1cccc2cnccc12.Cl.Cl. The number of benzene rings is 1. The Hall–Kier alpha value is -2.22. The Morgan fingerprint density at radius 3 is 2.69 bits per heavy atom. The highest BCUT2D eigenvalue weighted by Crippen LogP contribution is 2.27. The number of carbonyl (C=O) groups excluding carboxylic acids is 1. The number of halogens is 2. The topological polar surface area (TPSA) is 84.7 Å². The molecule has 0 saturated carbocycles. The molecule has 1 amide bonds. The van der Waals surface area contributed by atoms with Gasteiger partial charge in [-0.2, -0.15) is 0 Å². The van der Waals surface area contributed by atoms with E-state index >= 15 is 0 Å². The first-order valence-corrected chi connectivity index (χ1v) is 9.51. The molecule has 2 aliphatic heterocycles. The molecule has 2 aromatic heterocycles. The van der Waals surface area contributed by atoms with Crippen LogP contribution >= 0.6 is 24.8 Å². The van der Waals surface area contributed by atoms with E-state index in [2.05, 4.69) is 25.9 Å². The monoisotopic (exact) mass is 434 g/mol. The Morgan fingerprint density at radius 2 is 1.93 bits per heavy atom. The molecule has 2 saturated heterocycles. The summed E-state index contributed by atoms with van der Waals surface area (Å²) in [5.41, 5.74) is 2.04. The fourth-order valence-electron chi connectivity index (χ4n) is 4.49. The molecule has 5 rings (SSSR count). The van der Waals surface area contributed by atoms with Crippen LogP contribution in [0.2, 0.25) is 0 Å². The number of amides is 1. The average molecular weight is 435 g/mol. The van der Waals surface area contributed by atoms with E-state index in [0.717, 1.165) is 35.0 Å². The largest absolute Gasteiger partial charge is 0.348 e. The van der Waals surface area contributed by atoms with Crippen molar-refractivity contribution < 1.29 is 4.79 Å². The summed E-state index contributed by atoms with van der Waals surface area (Å²) in [5, 5.41) is 17.3. The van der Waals surface area contributed by atoms with Crippen LogP contribution < -0.4 is 10.6 Å². The lowest BCUT2D eigenvalue weighted by Gasteiger charge is -2.29. The quantitative estimate of drug-likeness (QED) is 0.661. The molecule has 4 heterocycles. The fourth-order valence-corrected chi connectivity index (χ4v) is 4.49. The molecule has 7 nitrogen and oxygen atoms in total. The second-order valence-corrected chi connectivity index (χ2v) is 7.59. The number of rotatable bonds is 3. The zero-order valence-electron chi connectivity index (χ0n) is 16.0. The third-order valence-corrected chi connectivity index (χ3v) is 5.80. The molecule has 0 radical (unpaired) electrons. The summed E-state index contributed by atoms with van der Waals surface area (Å²) in [6.07, 6.45) is 7.99. The summed E-state index contributed by atoms with van der Waals surface area (Å²) in [6.45, 7) is 1.89. The van der Waals surface area contributed by atoms with Gasteiger partial charge in [0.25, 0.3) is 5.91 Å². The zero-order chi connectivity index (χ0) is 18.4. The lowest BCUT2D eigenvalue weighted by molar-refractivity contribution is 0.0918. The minimum absolute atomic E-state index is 0. The smallest absolute Gasteiger partial charge is 0.273 e. The van der Waals surface area contributed by atoms with Crippen molar-refractivity contribution in [2.24, 2.45) is 0 Å². The Morgan fingerprint density at radius 1 is 1.17 bits per heavy atom. The Kier molecular flexibility index (Phi) is 6.41. The molecular weight excluding hydrogens is 411 g/mol. The van der Waals surface area contributed by atoms with E-state index in [1.807, 2.05) is 37.4 Å². The van der Waals surface area contributed by atoms with Gasteiger partial charge in [-0.1, -0.05) is 17.3 Å². The molecule has 2 bridgehead atoms. The van der Waals surface area contributed by atoms with Crippen LogP contribution in [-0.2, 0) is 0 Å². The van der Waals surface area contributed by atoms with E-state index < -0.39 is 0 Å². The van der Waals surface area contributed by atoms with Crippen molar-refractivity contribution in [1.82, 2.24) is 30.6 Å². The number of carbonyl (C=O) groups is 1. The van der Waals surface area contributed by atoms with Crippen molar-refractivity contribution in [1.29, 1.82) is 0 Å². The van der Waals surface area contributed by atoms with Crippen molar-refractivity contribution in [3.05, 3.63) is 48.0 Å². The molecule has 2 unspecified atom stereocenters. The number of aromatic nitrogens is 4. The number of fused-ring (bicyclic) bond motifs is 3. The summed E-state index contributed by atoms with van der Waals surface area (Å²) < 4.78 is 1.74. The van der Waals surface area contributed by atoms with Gasteiger partial charge in [0.05, 0.1) is 11.4 Å². The molecule has 2 aliphatic rings. The highest BCUT2D eigenvalue weighted by atomic mass is 35.5. The van der Waals surface area contributed by atoms with Crippen LogP contribution in [0.25, 0.3) is 16.5 Å². The van der Waals surface area contributed by atoms with Gasteiger partial charge in [-0.25, -0.2) is 4.68 Å². The van der Waals surface area contributed by atoms with Crippen LogP contribution in [0, 0.1) is 6.92 Å². The van der Waals surface area contributed by atoms with Crippen LogP contribution in [-0.4, -0.2) is 44.0 Å². The number of hydrogen-bond donors (Lipinski definition) is 2. The van der Waals surface area contributed by atoms with Crippen molar-refractivity contribution in [2.45, 2.75) is 50.7 Å². The van der Waals surface area contributed by atoms with Gasteiger partial charge >= 0.3 is 0 Å². The normalized spacial score (nSPS) is 22.6. The molecular formula is C20H24Cl2N6O. The summed E-state index contributed by atoms with van der Waals surface area (Å²) >= 11 is 0. The molecule has 9 heteroatoms. The summed E-state index contributed by atoms with van der Waals surface area (Å²) in [6, 6.07) is 9.20. The molecule has 29 heavy (non-hydrogen) atoms. The fraction of sp³-hybridized carbons (Fsp3) is 0.400. The van der Waals surface area contributed by atoms with Gasteiger partial charge in [-0.15, -0.1) is 29.9 Å². The maximum absolute atomic E-state index is 12.8. The van der Waals surface area contributed by atoms with Gasteiger partial charge in [0, 0.05) is 41.3 Å². The summed E-state index contributed by atoms with van der Waals surface area (Å²) in [4.78, 5) is 17.0. The van der Waals surface area contributed by atoms with E-state index in [0.29, 0.717) is 17.8 Å². The van der Waals surface area contributed by atoms with Crippen LogP contribution in [0.15, 0.2) is 36.7 Å². The predicted molar refractivity (Wildman–Crippen MR) is 116 cm³/mol. The van der Waals surface area contributed by atoms with Crippen molar-refractivity contribution >= 4 is 41.5 Å². The second kappa shape index (κ2) is 8.65. The number of hydrogen-bond acceptors (Lipinski definition) is 5. The maximum Gasteiger partial charge on any atom is 0.273 e. The van der Waals surface area contributed by atoms with Crippen molar-refractivity contribution in [3.63, 3.8) is 0 Å². The Bertz CT molecular complexity index is 1010. The Labute approximate surface area is 181 Å². The van der Waals surface area contributed by atoms with Gasteiger partial charge in [0.1, 0.15) is 0 Å². The van der Waals surface area contributed by atoms with Crippen LogP contribution in [0.3, 0.4) is 0 Å². The second-order valence-electron chi connectivity index (χ2n) is 7.59. The highest BCUT2D eigenvalue weighted by molar-refractivity contribution is 5.94. The predicted octanol–water partition coefficient (Wildman–Crippen LogP) is 2.98. The van der Waals surface area contributed by atoms with Crippen LogP contribution in [0.4, 0.5) is 0 Å². The molecule has 154 valence electrons. The van der Waals surface area contributed by atoms with E-state index in [1.165, 1.54) is 12.8 Å². The Balaban J connectivity index is 0.00000120. The number of nitrogens with zero attached hydrogens (tertiary/aromatic N) is 4. The van der Waals surface area contributed by atoms with E-state index in [-0.39, 0.29) is 36.8 Å². The standard InChI is InChI=1S/C20H22N6O.2ClH/c1-12-19(20(27)23-16-9-14-5-6-15(10-16)22-14)24-25-26(12)18-4-2-3-13-11-21-8-7-17(13)18;;/h2-4,7-8,11,14-16,22H,5-6,9-10H2,1H3,(H,23,27);2*1H. The van der Waals surface area contributed by atoms with Crippen LogP contribution in [0.5, 0.6) is 0 Å². The maximum atomic E-state index is 12.8. The van der Waals surface area contributed by atoms with E-state index in [1.54, 1.807) is 10.9 Å². The molecule has 2 fully saturated rings. The molecule has 2 N–H and O–H groups in total. The van der Waals surface area contributed by atoms with Crippen LogP contribution in [0.1, 0.15) is 41.9 Å². The van der Waals surface area contributed by atoms with E-state index in [4.69, 9.17) is 0 Å². The molecule has 0 aliphatic carbocycles.